The zero-order chi connectivity index (χ0) is 23.6. The summed E-state index contributed by atoms with van der Waals surface area (Å²) in [5.74, 6) is -0.995. The number of ether oxygens (including phenoxy) is 2. The number of aryl methyl sites for hydroxylation is 1. The highest BCUT2D eigenvalue weighted by Crippen LogP contribution is 2.55. The number of benzene rings is 3. The van der Waals surface area contributed by atoms with Gasteiger partial charge in [-0.15, -0.1) is 0 Å². The van der Waals surface area contributed by atoms with E-state index in [-0.39, 0.29) is 17.9 Å². The number of amides is 2. The van der Waals surface area contributed by atoms with Gasteiger partial charge in [-0.2, -0.15) is 0 Å². The lowest BCUT2D eigenvalue weighted by atomic mass is 9.76. The van der Waals surface area contributed by atoms with Crippen LogP contribution in [0, 0.1) is 18.6 Å². The van der Waals surface area contributed by atoms with Crippen LogP contribution in [-0.2, 0) is 21.4 Å². The molecular weight excluding hydrogens is 442 g/mol. The summed E-state index contributed by atoms with van der Waals surface area (Å²) in [5, 5.41) is 2.51. The minimum atomic E-state index is -1.41. The molecule has 1 atom stereocenters. The SMILES string of the molecule is Cc1ccc(F)c2c1N(CC(=O)Nc1ccccc1F)C(=O)C21COc2cc3c(cc21)CCO3. The molecule has 0 aliphatic carbocycles. The second kappa shape index (κ2) is 7.28. The van der Waals surface area contributed by atoms with Crippen LogP contribution in [0.25, 0.3) is 0 Å². The first-order chi connectivity index (χ1) is 16.4. The molecule has 3 aromatic rings. The van der Waals surface area contributed by atoms with Gasteiger partial charge < -0.3 is 19.7 Å². The maximum Gasteiger partial charge on any atom is 0.246 e. The zero-order valence-corrected chi connectivity index (χ0v) is 18.3. The van der Waals surface area contributed by atoms with Crippen molar-refractivity contribution in [2.45, 2.75) is 18.8 Å². The molecule has 8 heteroatoms. The molecule has 0 bridgehead atoms. The molecule has 0 radical (unpaired) electrons. The normalized spacial score (nSPS) is 19.5. The van der Waals surface area contributed by atoms with Crippen molar-refractivity contribution in [2.24, 2.45) is 0 Å². The van der Waals surface area contributed by atoms with Crippen LogP contribution < -0.4 is 19.7 Å². The third-order valence-electron chi connectivity index (χ3n) is 6.78. The highest BCUT2D eigenvalue weighted by Gasteiger charge is 2.59. The first kappa shape index (κ1) is 20.7. The van der Waals surface area contributed by atoms with Gasteiger partial charge in [0.25, 0.3) is 0 Å². The molecule has 3 aliphatic heterocycles. The summed E-state index contributed by atoms with van der Waals surface area (Å²) < 4.78 is 41.0. The zero-order valence-electron chi connectivity index (χ0n) is 18.3. The summed E-state index contributed by atoms with van der Waals surface area (Å²) in [6.45, 7) is 1.82. The average Bonchev–Trinajstić information content (AvgIpc) is 3.49. The summed E-state index contributed by atoms with van der Waals surface area (Å²) in [4.78, 5) is 28.1. The number of rotatable bonds is 3. The van der Waals surface area contributed by atoms with Crippen LogP contribution >= 0.6 is 0 Å². The van der Waals surface area contributed by atoms with Crippen molar-refractivity contribution in [1.29, 1.82) is 0 Å². The lowest BCUT2D eigenvalue weighted by Crippen LogP contribution is -2.45. The van der Waals surface area contributed by atoms with Gasteiger partial charge in [-0.05, 0) is 42.3 Å². The summed E-state index contributed by atoms with van der Waals surface area (Å²) in [6.07, 6.45) is 0.685. The molecule has 172 valence electrons. The molecule has 1 N–H and O–H groups in total. The Morgan fingerprint density at radius 2 is 1.91 bits per heavy atom. The molecular formula is C26H20F2N2O4. The predicted molar refractivity (Wildman–Crippen MR) is 120 cm³/mol. The molecule has 6 nitrogen and oxygen atoms in total. The minimum Gasteiger partial charge on any atom is -0.493 e. The van der Waals surface area contributed by atoms with E-state index in [9.17, 15) is 14.0 Å². The lowest BCUT2D eigenvalue weighted by Gasteiger charge is -2.23. The van der Waals surface area contributed by atoms with Gasteiger partial charge >= 0.3 is 0 Å². The van der Waals surface area contributed by atoms with Crippen molar-refractivity contribution in [3.63, 3.8) is 0 Å². The number of para-hydroxylation sites is 1. The number of carbonyl (C=O) groups is 2. The number of hydrogen-bond donors (Lipinski definition) is 1. The minimum absolute atomic E-state index is 0.00940. The van der Waals surface area contributed by atoms with Crippen molar-refractivity contribution in [3.05, 3.63) is 82.4 Å². The lowest BCUT2D eigenvalue weighted by molar-refractivity contribution is -0.124. The largest absolute Gasteiger partial charge is 0.493 e. The van der Waals surface area contributed by atoms with E-state index in [0.717, 1.165) is 5.56 Å². The van der Waals surface area contributed by atoms with E-state index in [0.29, 0.717) is 41.3 Å². The Kier molecular flexibility index (Phi) is 4.42. The smallest absolute Gasteiger partial charge is 0.246 e. The fourth-order valence-corrected chi connectivity index (χ4v) is 5.22. The van der Waals surface area contributed by atoms with Gasteiger partial charge in [-0.25, -0.2) is 8.78 Å². The Bertz CT molecular complexity index is 1390. The number of nitrogens with zero attached hydrogens (tertiary/aromatic N) is 1. The predicted octanol–water partition coefficient (Wildman–Crippen LogP) is 3.87. The Labute approximate surface area is 194 Å². The van der Waals surface area contributed by atoms with E-state index in [1.807, 2.05) is 6.07 Å². The number of fused-ring (bicyclic) bond motifs is 5. The van der Waals surface area contributed by atoms with Gasteiger partial charge in [0, 0.05) is 23.6 Å². The molecule has 3 heterocycles. The highest BCUT2D eigenvalue weighted by molar-refractivity contribution is 6.15. The fourth-order valence-electron chi connectivity index (χ4n) is 5.22. The topological polar surface area (TPSA) is 67.9 Å². The molecule has 3 aromatic carbocycles. The van der Waals surface area contributed by atoms with Crippen LogP contribution in [-0.4, -0.2) is 31.6 Å². The average molecular weight is 462 g/mol. The highest BCUT2D eigenvalue weighted by atomic mass is 19.1. The van der Waals surface area contributed by atoms with Crippen LogP contribution in [0.1, 0.15) is 22.3 Å². The van der Waals surface area contributed by atoms with Gasteiger partial charge in [-0.3, -0.25) is 9.59 Å². The molecule has 0 fully saturated rings. The van der Waals surface area contributed by atoms with Crippen LogP contribution in [0.5, 0.6) is 11.5 Å². The van der Waals surface area contributed by atoms with Crippen molar-refractivity contribution in [3.8, 4) is 11.5 Å². The van der Waals surface area contributed by atoms with Gasteiger partial charge in [-0.1, -0.05) is 18.2 Å². The van der Waals surface area contributed by atoms with Crippen LogP contribution in [0.15, 0.2) is 48.5 Å². The molecule has 0 aromatic heterocycles. The van der Waals surface area contributed by atoms with Crippen molar-refractivity contribution in [1.82, 2.24) is 0 Å². The first-order valence-electron chi connectivity index (χ1n) is 11.0. The van der Waals surface area contributed by atoms with Gasteiger partial charge in [0.05, 0.1) is 18.0 Å². The molecule has 6 rings (SSSR count). The van der Waals surface area contributed by atoms with E-state index < -0.39 is 35.4 Å². The van der Waals surface area contributed by atoms with Gasteiger partial charge in [0.2, 0.25) is 11.8 Å². The number of halogens is 2. The van der Waals surface area contributed by atoms with E-state index >= 15 is 4.39 Å². The number of hydrogen-bond acceptors (Lipinski definition) is 4. The van der Waals surface area contributed by atoms with Crippen molar-refractivity contribution < 1.29 is 27.8 Å². The molecule has 3 aliphatic rings. The van der Waals surface area contributed by atoms with E-state index in [1.165, 1.54) is 29.2 Å². The molecule has 0 saturated carbocycles. The summed E-state index contributed by atoms with van der Waals surface area (Å²) in [5.41, 5.74) is 1.31. The molecule has 34 heavy (non-hydrogen) atoms. The quantitative estimate of drug-likeness (QED) is 0.642. The van der Waals surface area contributed by atoms with Crippen molar-refractivity contribution in [2.75, 3.05) is 30.0 Å². The summed E-state index contributed by atoms with van der Waals surface area (Å²) in [6, 6.07) is 12.3. The number of carbonyl (C=O) groups excluding carboxylic acids is 2. The van der Waals surface area contributed by atoms with Crippen LogP contribution in [0.3, 0.4) is 0 Å². The summed E-state index contributed by atoms with van der Waals surface area (Å²) >= 11 is 0. The summed E-state index contributed by atoms with van der Waals surface area (Å²) in [7, 11) is 0. The molecule has 2 amide bonds. The Hall–Kier alpha value is -3.94. The Morgan fingerprint density at radius 1 is 1.09 bits per heavy atom. The second-order valence-electron chi connectivity index (χ2n) is 8.76. The monoisotopic (exact) mass is 462 g/mol. The van der Waals surface area contributed by atoms with E-state index in [1.54, 1.807) is 25.1 Å². The molecule has 0 saturated heterocycles. The first-order valence-corrected chi connectivity index (χ1v) is 11.0. The van der Waals surface area contributed by atoms with Gasteiger partial charge in [0.15, 0.2) is 0 Å². The maximum atomic E-state index is 15.4. The second-order valence-corrected chi connectivity index (χ2v) is 8.76. The van der Waals surface area contributed by atoms with Crippen LogP contribution in [0.2, 0.25) is 0 Å². The number of anilines is 2. The maximum absolute atomic E-state index is 15.4. The van der Waals surface area contributed by atoms with Crippen molar-refractivity contribution >= 4 is 23.2 Å². The Balaban J connectivity index is 1.44. The third kappa shape index (κ3) is 2.77. The van der Waals surface area contributed by atoms with Crippen LogP contribution in [0.4, 0.5) is 20.2 Å². The van der Waals surface area contributed by atoms with E-state index in [2.05, 4.69) is 5.32 Å². The number of nitrogens with one attached hydrogen (secondary N) is 1. The molecule has 1 unspecified atom stereocenters. The standard InChI is InChI=1S/C26H20F2N2O4/c1-14-6-7-18(28)23-24(14)30(12-22(31)29-19-5-3-2-4-17(19)27)25(32)26(23)13-34-21-11-20-15(8-9-33-20)10-16(21)26/h2-7,10-11H,8-9,12-13H2,1H3,(H,29,31). The van der Waals surface area contributed by atoms with Gasteiger partial charge in [0.1, 0.15) is 41.7 Å². The fraction of sp³-hybridized carbons (Fsp3) is 0.231. The molecule has 1 spiro atoms. The van der Waals surface area contributed by atoms with E-state index in [4.69, 9.17) is 9.47 Å². The Morgan fingerprint density at radius 3 is 2.74 bits per heavy atom. The third-order valence-corrected chi connectivity index (χ3v) is 6.78.